The van der Waals surface area contributed by atoms with E-state index in [4.69, 9.17) is 14.3 Å². The normalized spacial score (nSPS) is 10.5. The van der Waals surface area contributed by atoms with Crippen molar-refractivity contribution >= 4 is 17.7 Å². The standard InChI is InChI=1S/C14H16N2O4S/c1-2-5-12-15-16-14(20-12)21-9-8-19-11-7-4-3-6-10(11)13(17)18/h3-4,6-7H,2,5,8-9H2,1H3,(H,17,18). The van der Waals surface area contributed by atoms with E-state index < -0.39 is 5.97 Å². The van der Waals surface area contributed by atoms with Gasteiger partial charge >= 0.3 is 5.97 Å². The van der Waals surface area contributed by atoms with E-state index >= 15 is 0 Å². The molecule has 7 heteroatoms. The third-order valence-corrected chi connectivity index (χ3v) is 3.38. The van der Waals surface area contributed by atoms with Crippen molar-refractivity contribution in [3.8, 4) is 5.75 Å². The first-order valence-corrected chi connectivity index (χ1v) is 7.59. The molecular weight excluding hydrogens is 292 g/mol. The van der Waals surface area contributed by atoms with E-state index in [0.717, 1.165) is 12.8 Å². The maximum atomic E-state index is 11.0. The van der Waals surface area contributed by atoms with Gasteiger partial charge in [0.15, 0.2) is 0 Å². The van der Waals surface area contributed by atoms with Gasteiger partial charge in [0.2, 0.25) is 5.89 Å². The van der Waals surface area contributed by atoms with Gasteiger partial charge in [0.1, 0.15) is 11.3 Å². The second kappa shape index (κ2) is 7.68. The second-order valence-corrected chi connectivity index (χ2v) is 5.26. The Balaban J connectivity index is 1.80. The Labute approximate surface area is 126 Å². The number of aryl methyl sites for hydroxylation is 1. The number of rotatable bonds is 8. The van der Waals surface area contributed by atoms with Gasteiger partial charge < -0.3 is 14.3 Å². The van der Waals surface area contributed by atoms with Crippen LogP contribution in [0.5, 0.6) is 5.75 Å². The molecule has 0 radical (unpaired) electrons. The van der Waals surface area contributed by atoms with Gasteiger partial charge in [-0.2, -0.15) is 0 Å². The third-order valence-electron chi connectivity index (χ3n) is 2.60. The summed E-state index contributed by atoms with van der Waals surface area (Å²) < 4.78 is 10.9. The number of carbonyl (C=O) groups is 1. The molecule has 2 aromatic rings. The lowest BCUT2D eigenvalue weighted by Crippen LogP contribution is -2.05. The molecule has 0 atom stereocenters. The van der Waals surface area contributed by atoms with Crippen LogP contribution in [0.3, 0.4) is 0 Å². The van der Waals surface area contributed by atoms with Crippen LogP contribution < -0.4 is 4.74 Å². The van der Waals surface area contributed by atoms with Crippen LogP contribution in [0.2, 0.25) is 0 Å². The van der Waals surface area contributed by atoms with E-state index in [-0.39, 0.29) is 5.56 Å². The van der Waals surface area contributed by atoms with E-state index in [9.17, 15) is 4.79 Å². The van der Waals surface area contributed by atoms with Crippen molar-refractivity contribution in [3.05, 3.63) is 35.7 Å². The molecule has 0 aliphatic carbocycles. The fraction of sp³-hybridized carbons (Fsp3) is 0.357. The van der Waals surface area contributed by atoms with Gasteiger partial charge in [-0.1, -0.05) is 30.8 Å². The number of carboxylic acids is 1. The number of aromatic carboxylic acids is 1. The SMILES string of the molecule is CCCc1nnc(SCCOc2ccccc2C(=O)O)o1. The highest BCUT2D eigenvalue weighted by atomic mass is 32.2. The number of aromatic nitrogens is 2. The van der Waals surface area contributed by atoms with E-state index in [0.29, 0.717) is 29.2 Å². The minimum atomic E-state index is -1.00. The highest BCUT2D eigenvalue weighted by molar-refractivity contribution is 7.99. The molecule has 21 heavy (non-hydrogen) atoms. The average Bonchev–Trinajstić information content (AvgIpc) is 2.92. The summed E-state index contributed by atoms with van der Waals surface area (Å²) >= 11 is 1.39. The molecule has 6 nitrogen and oxygen atoms in total. The van der Waals surface area contributed by atoms with Crippen LogP contribution >= 0.6 is 11.8 Å². The Hall–Kier alpha value is -2.02. The van der Waals surface area contributed by atoms with E-state index in [1.807, 2.05) is 6.92 Å². The molecular formula is C14H16N2O4S. The number of nitrogens with zero attached hydrogens (tertiary/aromatic N) is 2. The summed E-state index contributed by atoms with van der Waals surface area (Å²) in [5.74, 6) is 0.598. The van der Waals surface area contributed by atoms with Crippen molar-refractivity contribution in [2.24, 2.45) is 0 Å². The van der Waals surface area contributed by atoms with Crippen molar-refractivity contribution in [3.63, 3.8) is 0 Å². The molecule has 0 saturated heterocycles. The van der Waals surface area contributed by atoms with Gasteiger partial charge in [-0.3, -0.25) is 0 Å². The third kappa shape index (κ3) is 4.49. The molecule has 1 aromatic carbocycles. The van der Waals surface area contributed by atoms with Crippen LogP contribution in [0.25, 0.3) is 0 Å². The summed E-state index contributed by atoms with van der Waals surface area (Å²) in [6.45, 7) is 2.41. The molecule has 1 N–H and O–H groups in total. The predicted octanol–water partition coefficient (Wildman–Crippen LogP) is 2.89. The zero-order chi connectivity index (χ0) is 15.1. The molecule has 0 fully saturated rings. The van der Waals surface area contributed by atoms with Gasteiger partial charge in [0, 0.05) is 12.2 Å². The number of para-hydroxylation sites is 1. The second-order valence-electron chi connectivity index (χ2n) is 4.21. The van der Waals surface area contributed by atoms with Gasteiger partial charge in [-0.25, -0.2) is 4.79 Å². The first-order chi connectivity index (χ1) is 10.2. The van der Waals surface area contributed by atoms with Crippen LogP contribution in [0.4, 0.5) is 0 Å². The molecule has 0 amide bonds. The highest BCUT2D eigenvalue weighted by Gasteiger charge is 2.10. The van der Waals surface area contributed by atoms with Crippen LogP contribution in [0, 0.1) is 0 Å². The van der Waals surface area contributed by atoms with Gasteiger partial charge in [-0.15, -0.1) is 10.2 Å². The Kier molecular flexibility index (Phi) is 5.62. The largest absolute Gasteiger partial charge is 0.492 e. The van der Waals surface area contributed by atoms with E-state index in [1.165, 1.54) is 17.8 Å². The molecule has 1 heterocycles. The number of carboxylic acid groups (broad SMARTS) is 1. The van der Waals surface area contributed by atoms with Crippen molar-refractivity contribution in [2.45, 2.75) is 25.0 Å². The smallest absolute Gasteiger partial charge is 0.339 e. The number of benzene rings is 1. The van der Waals surface area contributed by atoms with Gasteiger partial charge in [0.25, 0.3) is 5.22 Å². The van der Waals surface area contributed by atoms with Crippen LogP contribution in [0.1, 0.15) is 29.6 Å². The lowest BCUT2D eigenvalue weighted by molar-refractivity contribution is 0.0692. The van der Waals surface area contributed by atoms with Crippen molar-refractivity contribution in [1.82, 2.24) is 10.2 Å². The van der Waals surface area contributed by atoms with E-state index in [2.05, 4.69) is 10.2 Å². The number of thioether (sulfide) groups is 1. The summed E-state index contributed by atoms with van der Waals surface area (Å²) in [4.78, 5) is 11.0. The average molecular weight is 308 g/mol. The summed E-state index contributed by atoms with van der Waals surface area (Å²) in [6.07, 6.45) is 1.73. The van der Waals surface area contributed by atoms with Crippen LogP contribution in [-0.4, -0.2) is 33.6 Å². The molecule has 0 saturated carbocycles. The quantitative estimate of drug-likeness (QED) is 0.592. The number of hydrogen-bond donors (Lipinski definition) is 1. The fourth-order valence-corrected chi connectivity index (χ4v) is 2.26. The minimum absolute atomic E-state index is 0.158. The van der Waals surface area contributed by atoms with Gasteiger partial charge in [0.05, 0.1) is 6.61 Å². The highest BCUT2D eigenvalue weighted by Crippen LogP contribution is 2.20. The van der Waals surface area contributed by atoms with Crippen LogP contribution in [-0.2, 0) is 6.42 Å². The zero-order valence-electron chi connectivity index (χ0n) is 11.6. The topological polar surface area (TPSA) is 85.5 Å². The molecule has 0 aliphatic heterocycles. The fourth-order valence-electron chi connectivity index (χ4n) is 1.66. The predicted molar refractivity (Wildman–Crippen MR) is 77.9 cm³/mol. The molecule has 1 aromatic heterocycles. The Morgan fingerprint density at radius 2 is 2.19 bits per heavy atom. The number of hydrogen-bond acceptors (Lipinski definition) is 6. The molecule has 112 valence electrons. The molecule has 0 spiro atoms. The zero-order valence-corrected chi connectivity index (χ0v) is 12.4. The maximum absolute atomic E-state index is 11.0. The molecule has 2 rings (SSSR count). The van der Waals surface area contributed by atoms with Crippen LogP contribution in [0.15, 0.2) is 33.9 Å². The van der Waals surface area contributed by atoms with Crippen molar-refractivity contribution in [2.75, 3.05) is 12.4 Å². The Morgan fingerprint density at radius 1 is 1.38 bits per heavy atom. The monoisotopic (exact) mass is 308 g/mol. The lowest BCUT2D eigenvalue weighted by atomic mass is 10.2. The van der Waals surface area contributed by atoms with E-state index in [1.54, 1.807) is 18.2 Å². The molecule has 0 bridgehead atoms. The maximum Gasteiger partial charge on any atom is 0.339 e. The Bertz CT molecular complexity index is 600. The van der Waals surface area contributed by atoms with Crippen molar-refractivity contribution < 1.29 is 19.1 Å². The summed E-state index contributed by atoms with van der Waals surface area (Å²) in [7, 11) is 0. The van der Waals surface area contributed by atoms with Gasteiger partial charge in [-0.05, 0) is 18.6 Å². The molecule has 0 unspecified atom stereocenters. The minimum Gasteiger partial charge on any atom is -0.492 e. The number of ether oxygens (including phenoxy) is 1. The molecule has 0 aliphatic rings. The lowest BCUT2D eigenvalue weighted by Gasteiger charge is -2.07. The van der Waals surface area contributed by atoms with Crippen molar-refractivity contribution in [1.29, 1.82) is 0 Å². The summed E-state index contributed by atoms with van der Waals surface area (Å²) in [5, 5.41) is 17.4. The first kappa shape index (κ1) is 15.4. The summed E-state index contributed by atoms with van der Waals surface area (Å²) in [6, 6.07) is 6.56. The first-order valence-electron chi connectivity index (χ1n) is 6.61. The summed E-state index contributed by atoms with van der Waals surface area (Å²) in [5.41, 5.74) is 0.158. The Morgan fingerprint density at radius 3 is 2.95 bits per heavy atom.